The summed E-state index contributed by atoms with van der Waals surface area (Å²) in [7, 11) is 1.76. The van der Waals surface area contributed by atoms with Gasteiger partial charge in [-0.15, -0.1) is 0 Å². The highest BCUT2D eigenvalue weighted by Crippen LogP contribution is 2.22. The fourth-order valence-electron chi connectivity index (χ4n) is 1.88. The lowest BCUT2D eigenvalue weighted by molar-refractivity contribution is 0.0742. The lowest BCUT2D eigenvalue weighted by Gasteiger charge is -2.25. The highest BCUT2D eigenvalue weighted by Gasteiger charge is 2.19. The molecule has 0 fully saturated rings. The van der Waals surface area contributed by atoms with E-state index in [0.717, 1.165) is 5.56 Å². The normalized spacial score (nSPS) is 12.0. The van der Waals surface area contributed by atoms with Gasteiger partial charge in [0.2, 0.25) is 0 Å². The van der Waals surface area contributed by atoms with Gasteiger partial charge in [-0.3, -0.25) is 4.79 Å². The first-order valence-corrected chi connectivity index (χ1v) is 6.89. The maximum atomic E-state index is 12.4. The molecule has 0 bridgehead atoms. The van der Waals surface area contributed by atoms with Crippen LogP contribution in [0.1, 0.15) is 28.9 Å². The zero-order valence-corrected chi connectivity index (χ0v) is 12.7. The van der Waals surface area contributed by atoms with E-state index in [-0.39, 0.29) is 11.9 Å². The van der Waals surface area contributed by atoms with Crippen molar-refractivity contribution in [3.05, 3.63) is 63.9 Å². The summed E-state index contributed by atoms with van der Waals surface area (Å²) >= 11 is 11.7. The monoisotopic (exact) mass is 308 g/mol. The number of benzene rings is 1. The third-order valence-electron chi connectivity index (χ3n) is 3.23. The van der Waals surface area contributed by atoms with E-state index >= 15 is 0 Å². The fraction of sp³-hybridized carbons (Fsp3) is 0.200. The van der Waals surface area contributed by atoms with Gasteiger partial charge < -0.3 is 4.90 Å². The van der Waals surface area contributed by atoms with Gasteiger partial charge >= 0.3 is 0 Å². The fourth-order valence-corrected chi connectivity index (χ4v) is 2.18. The van der Waals surface area contributed by atoms with Crippen LogP contribution in [0.3, 0.4) is 0 Å². The number of halogens is 2. The predicted molar refractivity (Wildman–Crippen MR) is 81.2 cm³/mol. The number of hydrogen-bond acceptors (Lipinski definition) is 2. The van der Waals surface area contributed by atoms with Crippen molar-refractivity contribution in [2.24, 2.45) is 0 Å². The van der Waals surface area contributed by atoms with Gasteiger partial charge in [0.25, 0.3) is 5.91 Å². The highest BCUT2D eigenvalue weighted by molar-refractivity contribution is 6.30. The molecule has 1 aromatic carbocycles. The van der Waals surface area contributed by atoms with Gasteiger partial charge in [0.1, 0.15) is 5.15 Å². The SMILES string of the molecule is CC(c1ccc(Cl)cc1)N(C)C(=O)c1ccnc(Cl)c1. The van der Waals surface area contributed by atoms with E-state index in [1.54, 1.807) is 24.1 Å². The van der Waals surface area contributed by atoms with E-state index in [9.17, 15) is 4.79 Å². The average molecular weight is 309 g/mol. The highest BCUT2D eigenvalue weighted by atomic mass is 35.5. The maximum absolute atomic E-state index is 12.4. The van der Waals surface area contributed by atoms with Gasteiger partial charge in [0, 0.05) is 23.8 Å². The van der Waals surface area contributed by atoms with Crippen molar-refractivity contribution in [3.8, 4) is 0 Å². The molecule has 20 heavy (non-hydrogen) atoms. The molecule has 1 atom stereocenters. The van der Waals surface area contributed by atoms with Crippen molar-refractivity contribution in [2.45, 2.75) is 13.0 Å². The van der Waals surface area contributed by atoms with E-state index in [4.69, 9.17) is 23.2 Å². The van der Waals surface area contributed by atoms with Crippen molar-refractivity contribution in [3.63, 3.8) is 0 Å². The van der Waals surface area contributed by atoms with Gasteiger partial charge in [-0.25, -0.2) is 4.98 Å². The van der Waals surface area contributed by atoms with Crippen molar-refractivity contribution < 1.29 is 4.79 Å². The predicted octanol–water partition coefficient (Wildman–Crippen LogP) is 4.22. The molecule has 0 saturated heterocycles. The van der Waals surface area contributed by atoms with Crippen molar-refractivity contribution in [1.82, 2.24) is 9.88 Å². The Labute approximate surface area is 128 Å². The van der Waals surface area contributed by atoms with E-state index in [1.807, 2.05) is 31.2 Å². The first-order chi connectivity index (χ1) is 9.49. The van der Waals surface area contributed by atoms with E-state index in [1.165, 1.54) is 6.20 Å². The Kier molecular flexibility index (Phi) is 4.63. The molecule has 3 nitrogen and oxygen atoms in total. The molecular weight excluding hydrogens is 295 g/mol. The molecule has 0 radical (unpaired) electrons. The molecule has 1 aromatic heterocycles. The summed E-state index contributed by atoms with van der Waals surface area (Å²) in [6, 6.07) is 10.6. The number of amides is 1. The third kappa shape index (κ3) is 3.30. The second-order valence-electron chi connectivity index (χ2n) is 4.51. The van der Waals surface area contributed by atoms with Gasteiger partial charge in [-0.05, 0) is 36.8 Å². The van der Waals surface area contributed by atoms with Crippen molar-refractivity contribution in [1.29, 1.82) is 0 Å². The second-order valence-corrected chi connectivity index (χ2v) is 5.33. The molecule has 5 heteroatoms. The summed E-state index contributed by atoms with van der Waals surface area (Å²) in [6.07, 6.45) is 1.52. The maximum Gasteiger partial charge on any atom is 0.254 e. The minimum atomic E-state index is -0.100. The number of aromatic nitrogens is 1. The minimum Gasteiger partial charge on any atom is -0.335 e. The number of carbonyl (C=O) groups excluding carboxylic acids is 1. The summed E-state index contributed by atoms with van der Waals surface area (Å²) in [5.74, 6) is -0.100. The first-order valence-electron chi connectivity index (χ1n) is 6.13. The Hall–Kier alpha value is -1.58. The molecule has 1 amide bonds. The Morgan fingerprint density at radius 3 is 2.45 bits per heavy atom. The third-order valence-corrected chi connectivity index (χ3v) is 3.69. The van der Waals surface area contributed by atoms with E-state index in [0.29, 0.717) is 15.7 Å². The van der Waals surface area contributed by atoms with Crippen LogP contribution in [0.4, 0.5) is 0 Å². The lowest BCUT2D eigenvalue weighted by Crippen LogP contribution is -2.29. The summed E-state index contributed by atoms with van der Waals surface area (Å²) in [6.45, 7) is 1.96. The molecule has 0 aliphatic rings. The van der Waals surface area contributed by atoms with Crippen LogP contribution in [0.5, 0.6) is 0 Å². The smallest absolute Gasteiger partial charge is 0.254 e. The van der Waals surface area contributed by atoms with Gasteiger partial charge in [0.05, 0.1) is 6.04 Å². The van der Waals surface area contributed by atoms with Crippen LogP contribution in [-0.4, -0.2) is 22.8 Å². The Balaban J connectivity index is 2.20. The lowest BCUT2D eigenvalue weighted by atomic mass is 10.1. The largest absolute Gasteiger partial charge is 0.335 e. The number of pyridine rings is 1. The quantitative estimate of drug-likeness (QED) is 0.795. The first kappa shape index (κ1) is 14.8. The van der Waals surface area contributed by atoms with Crippen LogP contribution in [0.2, 0.25) is 10.2 Å². The standard InChI is InChI=1S/C15H14Cl2N2O/c1-10(11-3-5-13(16)6-4-11)19(2)15(20)12-7-8-18-14(17)9-12/h3-10H,1-2H3. The topological polar surface area (TPSA) is 33.2 Å². The van der Waals surface area contributed by atoms with Gasteiger partial charge in [0.15, 0.2) is 0 Å². The molecule has 1 unspecified atom stereocenters. The van der Waals surface area contributed by atoms with Crippen molar-refractivity contribution >= 4 is 29.1 Å². The molecule has 2 rings (SSSR count). The molecular formula is C15H14Cl2N2O. The molecule has 0 aliphatic heterocycles. The summed E-state index contributed by atoms with van der Waals surface area (Å²) in [4.78, 5) is 17.9. The number of carbonyl (C=O) groups is 1. The van der Waals surface area contributed by atoms with Crippen LogP contribution < -0.4 is 0 Å². The summed E-state index contributed by atoms with van der Waals surface area (Å²) in [5.41, 5.74) is 1.54. The van der Waals surface area contributed by atoms with E-state index in [2.05, 4.69) is 4.98 Å². The average Bonchev–Trinajstić information content (AvgIpc) is 2.46. The Morgan fingerprint density at radius 2 is 1.85 bits per heavy atom. The second kappa shape index (κ2) is 6.25. The van der Waals surface area contributed by atoms with E-state index < -0.39 is 0 Å². The van der Waals surface area contributed by atoms with Crippen LogP contribution in [0, 0.1) is 0 Å². The van der Waals surface area contributed by atoms with Crippen LogP contribution >= 0.6 is 23.2 Å². The molecule has 0 aliphatic carbocycles. The number of hydrogen-bond donors (Lipinski definition) is 0. The van der Waals surface area contributed by atoms with Crippen LogP contribution in [0.25, 0.3) is 0 Å². The van der Waals surface area contributed by atoms with Gasteiger partial charge in [-0.1, -0.05) is 35.3 Å². The molecule has 2 aromatic rings. The van der Waals surface area contributed by atoms with Crippen LogP contribution in [-0.2, 0) is 0 Å². The van der Waals surface area contributed by atoms with Crippen molar-refractivity contribution in [2.75, 3.05) is 7.05 Å². The zero-order chi connectivity index (χ0) is 14.7. The zero-order valence-electron chi connectivity index (χ0n) is 11.2. The van der Waals surface area contributed by atoms with Crippen LogP contribution in [0.15, 0.2) is 42.6 Å². The molecule has 0 spiro atoms. The molecule has 1 heterocycles. The number of rotatable bonds is 3. The van der Waals surface area contributed by atoms with Gasteiger partial charge in [-0.2, -0.15) is 0 Å². The Bertz CT molecular complexity index is 614. The summed E-state index contributed by atoms with van der Waals surface area (Å²) < 4.78 is 0. The molecule has 0 N–H and O–H groups in total. The molecule has 104 valence electrons. The molecule has 0 saturated carbocycles. The summed E-state index contributed by atoms with van der Waals surface area (Å²) in [5, 5.41) is 0.985. The number of nitrogens with zero attached hydrogens (tertiary/aromatic N) is 2. The minimum absolute atomic E-state index is 0.0632. The Morgan fingerprint density at radius 1 is 1.20 bits per heavy atom.